The minimum absolute atomic E-state index is 0.0673. The molecule has 6 heteroatoms. The van der Waals surface area contributed by atoms with Gasteiger partial charge in [0.1, 0.15) is 11.6 Å². The first kappa shape index (κ1) is 23.5. The van der Waals surface area contributed by atoms with Gasteiger partial charge < -0.3 is 15.4 Å². The van der Waals surface area contributed by atoms with Crippen molar-refractivity contribution in [1.29, 1.82) is 0 Å². The molecule has 1 aliphatic rings. The fraction of sp³-hybridized carbons (Fsp3) is 0.200. The number of benzene rings is 3. The van der Waals surface area contributed by atoms with Crippen LogP contribution in [0.15, 0.2) is 90.2 Å². The molecule has 2 atom stereocenters. The fourth-order valence-electron chi connectivity index (χ4n) is 5.24. The monoisotopic (exact) mass is 482 g/mol. The number of H-pyrrole nitrogens is 1. The van der Waals surface area contributed by atoms with Crippen molar-refractivity contribution in [3.63, 3.8) is 0 Å². The van der Waals surface area contributed by atoms with Crippen molar-refractivity contribution < 1.29 is 19.1 Å². The van der Waals surface area contributed by atoms with Gasteiger partial charge in [-0.15, -0.1) is 0 Å². The van der Waals surface area contributed by atoms with Gasteiger partial charge in [-0.3, -0.25) is 9.59 Å². The molecule has 0 radical (unpaired) electrons. The summed E-state index contributed by atoms with van der Waals surface area (Å²) in [6.07, 6.45) is 0.665. The van der Waals surface area contributed by atoms with Crippen LogP contribution in [0, 0.1) is 5.82 Å². The zero-order valence-electron chi connectivity index (χ0n) is 19.9. The summed E-state index contributed by atoms with van der Waals surface area (Å²) in [5.74, 6) is -1.55. The number of nitrogens with one attached hydrogen (secondary N) is 2. The molecular weight excluding hydrogens is 455 g/mol. The Balaban J connectivity index is 1.70. The van der Waals surface area contributed by atoms with E-state index in [2.05, 4.69) is 10.3 Å². The maximum atomic E-state index is 14.1. The first-order chi connectivity index (χ1) is 17.4. The third kappa shape index (κ3) is 4.42. The number of carbonyl (C=O) groups excluding carboxylic acids is 2. The molecule has 3 aromatic carbocycles. The Hall–Kier alpha value is -4.19. The maximum Gasteiger partial charge on any atom is 0.216 e. The van der Waals surface area contributed by atoms with Crippen LogP contribution in [0.1, 0.15) is 47.6 Å². The summed E-state index contributed by atoms with van der Waals surface area (Å²) in [6, 6.07) is 23.6. The van der Waals surface area contributed by atoms with Gasteiger partial charge in [0.05, 0.1) is 5.92 Å². The maximum absolute atomic E-state index is 14.1. The van der Waals surface area contributed by atoms with Crippen LogP contribution in [0.3, 0.4) is 0 Å². The van der Waals surface area contributed by atoms with Gasteiger partial charge in [0.2, 0.25) is 5.91 Å². The molecule has 0 fully saturated rings. The lowest BCUT2D eigenvalue weighted by molar-refractivity contribution is -0.119. The summed E-state index contributed by atoms with van der Waals surface area (Å²) >= 11 is 0. The van der Waals surface area contributed by atoms with Crippen molar-refractivity contribution in [1.82, 2.24) is 10.3 Å². The molecule has 36 heavy (non-hydrogen) atoms. The van der Waals surface area contributed by atoms with Gasteiger partial charge in [-0.1, -0.05) is 60.7 Å². The minimum atomic E-state index is -0.574. The number of amides is 1. The Labute approximate surface area is 208 Å². The fourth-order valence-corrected chi connectivity index (χ4v) is 5.24. The Kier molecular flexibility index (Phi) is 6.42. The number of hydrogen-bond donors (Lipinski definition) is 3. The number of aliphatic hydroxyl groups is 1. The van der Waals surface area contributed by atoms with Gasteiger partial charge in [-0.2, -0.15) is 0 Å². The minimum Gasteiger partial charge on any atom is -0.511 e. The Morgan fingerprint density at radius 1 is 1.08 bits per heavy atom. The van der Waals surface area contributed by atoms with E-state index in [-0.39, 0.29) is 29.7 Å². The highest BCUT2D eigenvalue weighted by atomic mass is 19.1. The number of aromatic amines is 1. The molecule has 3 N–H and O–H groups in total. The van der Waals surface area contributed by atoms with E-state index in [1.54, 1.807) is 6.07 Å². The number of rotatable bonds is 7. The summed E-state index contributed by atoms with van der Waals surface area (Å²) < 4.78 is 14.1. The molecule has 0 spiro atoms. The quantitative estimate of drug-likeness (QED) is 0.317. The van der Waals surface area contributed by atoms with E-state index in [0.29, 0.717) is 24.1 Å². The zero-order chi connectivity index (χ0) is 25.2. The van der Waals surface area contributed by atoms with E-state index in [4.69, 9.17) is 0 Å². The van der Waals surface area contributed by atoms with Gasteiger partial charge in [-0.05, 0) is 41.3 Å². The molecule has 4 aromatic rings. The normalized spacial score (nSPS) is 16.5. The number of hydrogen-bond acceptors (Lipinski definition) is 3. The molecule has 0 bridgehead atoms. The lowest BCUT2D eigenvalue weighted by Crippen LogP contribution is -2.23. The molecule has 182 valence electrons. The van der Waals surface area contributed by atoms with E-state index in [1.165, 1.54) is 19.1 Å². The molecule has 0 aliphatic heterocycles. The summed E-state index contributed by atoms with van der Waals surface area (Å²) in [7, 11) is 0. The molecule has 1 amide bonds. The first-order valence-corrected chi connectivity index (χ1v) is 12.0. The number of allylic oxidation sites excluding steroid dienone is 2. The van der Waals surface area contributed by atoms with Crippen molar-refractivity contribution in [2.45, 2.75) is 31.6 Å². The van der Waals surface area contributed by atoms with E-state index < -0.39 is 11.8 Å². The number of aliphatic hydroxyl groups excluding tert-OH is 1. The van der Waals surface area contributed by atoms with Gasteiger partial charge in [0.15, 0.2) is 5.78 Å². The topological polar surface area (TPSA) is 82.2 Å². The third-order valence-corrected chi connectivity index (χ3v) is 6.86. The Morgan fingerprint density at radius 3 is 2.47 bits per heavy atom. The van der Waals surface area contributed by atoms with Crippen LogP contribution in [0.25, 0.3) is 10.9 Å². The predicted octanol–water partition coefficient (Wildman–Crippen LogP) is 5.69. The lowest BCUT2D eigenvalue weighted by Gasteiger charge is -2.20. The molecule has 5 rings (SSSR count). The number of carbonyl (C=O) groups is 2. The summed E-state index contributed by atoms with van der Waals surface area (Å²) in [6.45, 7) is 1.85. The molecular formula is C30H27FN2O3. The van der Waals surface area contributed by atoms with Crippen LogP contribution in [0.4, 0.5) is 4.39 Å². The van der Waals surface area contributed by atoms with E-state index in [9.17, 15) is 19.1 Å². The number of Topliss-reactive ketones (excluding diaryl/α,β-unsaturated/α-hetero) is 1. The highest BCUT2D eigenvalue weighted by Crippen LogP contribution is 2.45. The van der Waals surface area contributed by atoms with Crippen LogP contribution in [0.5, 0.6) is 0 Å². The number of halogens is 1. The van der Waals surface area contributed by atoms with Gasteiger partial charge in [-0.25, -0.2) is 4.39 Å². The zero-order valence-corrected chi connectivity index (χ0v) is 19.9. The molecule has 1 heterocycles. The van der Waals surface area contributed by atoms with Crippen molar-refractivity contribution in [3.8, 4) is 0 Å². The van der Waals surface area contributed by atoms with Crippen LogP contribution >= 0.6 is 0 Å². The first-order valence-electron chi connectivity index (χ1n) is 12.0. The van der Waals surface area contributed by atoms with E-state index in [0.717, 1.165) is 27.8 Å². The second-order valence-electron chi connectivity index (χ2n) is 9.17. The smallest absolute Gasteiger partial charge is 0.216 e. The summed E-state index contributed by atoms with van der Waals surface area (Å²) in [4.78, 5) is 28.4. The van der Waals surface area contributed by atoms with Gasteiger partial charge in [0, 0.05) is 48.0 Å². The van der Waals surface area contributed by atoms with Crippen LogP contribution < -0.4 is 5.32 Å². The van der Waals surface area contributed by atoms with Crippen molar-refractivity contribution in [2.24, 2.45) is 0 Å². The largest absolute Gasteiger partial charge is 0.511 e. The molecule has 1 aromatic heterocycles. The third-order valence-electron chi connectivity index (χ3n) is 6.86. The van der Waals surface area contributed by atoms with E-state index in [1.807, 2.05) is 60.7 Å². The molecule has 0 saturated heterocycles. The highest BCUT2D eigenvalue weighted by Gasteiger charge is 2.40. The van der Waals surface area contributed by atoms with Crippen LogP contribution in [-0.4, -0.2) is 28.3 Å². The molecule has 2 unspecified atom stereocenters. The van der Waals surface area contributed by atoms with Crippen LogP contribution in [0.2, 0.25) is 0 Å². The number of aromatic nitrogens is 1. The summed E-state index contributed by atoms with van der Waals surface area (Å²) in [5.41, 5.74) is 4.28. The molecule has 1 aliphatic carbocycles. The van der Waals surface area contributed by atoms with E-state index >= 15 is 0 Å². The molecule has 5 nitrogen and oxygen atoms in total. The summed E-state index contributed by atoms with van der Waals surface area (Å²) in [5, 5.41) is 15.1. The average molecular weight is 483 g/mol. The Bertz CT molecular complexity index is 1460. The highest BCUT2D eigenvalue weighted by molar-refractivity contribution is 6.02. The standard InChI is InChI=1S/C30H27FN2O3/c1-18(34)32-15-14-23-22-13-12-21(31)16-25(22)33-29(23)27(20-10-6-3-7-11-20)28-26(35)17-24(30(28)36)19-8-4-2-5-9-19/h2-13,16,24,27,33,36H,14-15,17H2,1H3,(H,32,34). The number of fused-ring (bicyclic) bond motifs is 1. The van der Waals surface area contributed by atoms with Crippen LogP contribution in [-0.2, 0) is 16.0 Å². The second kappa shape index (κ2) is 9.82. The van der Waals surface area contributed by atoms with Crippen molar-refractivity contribution in [3.05, 3.63) is 118 Å². The molecule has 0 saturated carbocycles. The Morgan fingerprint density at radius 2 is 1.78 bits per heavy atom. The van der Waals surface area contributed by atoms with Crippen molar-refractivity contribution in [2.75, 3.05) is 6.54 Å². The average Bonchev–Trinajstić information content (AvgIpc) is 3.37. The van der Waals surface area contributed by atoms with Crippen molar-refractivity contribution >= 4 is 22.6 Å². The second-order valence-corrected chi connectivity index (χ2v) is 9.17. The lowest BCUT2D eigenvalue weighted by atomic mass is 9.84. The SMILES string of the molecule is CC(=O)NCCc1c(C(C2=C(O)C(c3ccccc3)CC2=O)c2ccccc2)[nH]c2cc(F)ccc12. The van der Waals surface area contributed by atoms with Gasteiger partial charge in [0.25, 0.3) is 0 Å². The predicted molar refractivity (Wildman–Crippen MR) is 137 cm³/mol. The van der Waals surface area contributed by atoms with Gasteiger partial charge >= 0.3 is 0 Å². The number of ketones is 1.